The molecule has 4 nitrogen and oxygen atoms in total. The number of hydrogen-bond donors (Lipinski definition) is 1. The quantitative estimate of drug-likeness (QED) is 0.530. The van der Waals surface area contributed by atoms with Crippen LogP contribution in [-0.2, 0) is 11.3 Å². The Morgan fingerprint density at radius 3 is 2.31 bits per heavy atom. The highest BCUT2D eigenvalue weighted by molar-refractivity contribution is 7.71. The number of carbonyl (C=O) groups is 1. The minimum Gasteiger partial charge on any atom is -0.343 e. The van der Waals surface area contributed by atoms with Gasteiger partial charge in [-0.3, -0.25) is 4.79 Å². The first kappa shape index (κ1) is 19.9. The zero-order valence-corrected chi connectivity index (χ0v) is 17.4. The molecule has 4 rings (SSSR count). The van der Waals surface area contributed by atoms with Crippen LogP contribution in [0.25, 0.3) is 22.5 Å². The smallest absolute Gasteiger partial charge is 0.224 e. The Balaban J connectivity index is 1.73. The van der Waals surface area contributed by atoms with Crippen LogP contribution in [0.5, 0.6) is 0 Å². The number of rotatable bonds is 5. The molecule has 0 aliphatic carbocycles. The number of benzene rings is 2. The Morgan fingerprint density at radius 2 is 1.66 bits per heavy atom. The van der Waals surface area contributed by atoms with E-state index in [2.05, 4.69) is 4.98 Å². The molecule has 0 saturated carbocycles. The summed E-state index contributed by atoms with van der Waals surface area (Å²) in [6, 6.07) is 13.8. The van der Waals surface area contributed by atoms with E-state index in [4.69, 9.17) is 23.8 Å². The summed E-state index contributed by atoms with van der Waals surface area (Å²) in [4.78, 5) is 17.7. The van der Waals surface area contributed by atoms with Gasteiger partial charge >= 0.3 is 0 Å². The van der Waals surface area contributed by atoms with Gasteiger partial charge < -0.3 is 14.5 Å². The summed E-state index contributed by atoms with van der Waals surface area (Å²) in [5.41, 5.74) is 3.42. The minimum absolute atomic E-state index is 0.149. The van der Waals surface area contributed by atoms with Gasteiger partial charge in [0, 0.05) is 42.2 Å². The Kier molecular flexibility index (Phi) is 5.83. The maximum atomic E-state index is 13.4. The molecule has 0 bridgehead atoms. The molecule has 29 heavy (non-hydrogen) atoms. The fourth-order valence-electron chi connectivity index (χ4n) is 3.75. The van der Waals surface area contributed by atoms with Crippen LogP contribution >= 0.6 is 23.8 Å². The third-order valence-electron chi connectivity index (χ3n) is 5.24. The zero-order valence-electron chi connectivity index (χ0n) is 15.8. The van der Waals surface area contributed by atoms with Gasteiger partial charge in [0.1, 0.15) is 5.82 Å². The number of nitrogens with zero attached hydrogens (tertiary/aromatic N) is 2. The molecule has 1 amide bonds. The molecule has 1 fully saturated rings. The number of amides is 1. The second-order valence-electron chi connectivity index (χ2n) is 7.16. The van der Waals surface area contributed by atoms with E-state index in [1.165, 1.54) is 12.1 Å². The number of hydrogen-bond acceptors (Lipinski definition) is 2. The molecular formula is C22H21ClFN3OS. The molecule has 1 aromatic heterocycles. The van der Waals surface area contributed by atoms with Gasteiger partial charge in [0.2, 0.25) is 5.91 Å². The number of imidazole rings is 1. The van der Waals surface area contributed by atoms with Gasteiger partial charge in [-0.05, 0) is 61.5 Å². The summed E-state index contributed by atoms with van der Waals surface area (Å²) in [7, 11) is 0. The average Bonchev–Trinajstić information content (AvgIpc) is 3.36. The summed E-state index contributed by atoms with van der Waals surface area (Å²) in [5, 5.41) is 0.641. The van der Waals surface area contributed by atoms with Gasteiger partial charge in [0.25, 0.3) is 0 Å². The van der Waals surface area contributed by atoms with Crippen LogP contribution in [0, 0.1) is 10.6 Å². The van der Waals surface area contributed by atoms with Crippen LogP contribution in [0.3, 0.4) is 0 Å². The molecule has 3 aromatic rings. The normalized spacial score (nSPS) is 13.8. The Morgan fingerprint density at radius 1 is 1.03 bits per heavy atom. The molecule has 2 heterocycles. The van der Waals surface area contributed by atoms with E-state index in [0.29, 0.717) is 22.8 Å². The molecule has 1 aliphatic heterocycles. The highest BCUT2D eigenvalue weighted by Crippen LogP contribution is 2.33. The monoisotopic (exact) mass is 429 g/mol. The Hall–Kier alpha value is -2.44. The maximum Gasteiger partial charge on any atom is 0.224 e. The van der Waals surface area contributed by atoms with E-state index >= 15 is 0 Å². The van der Waals surface area contributed by atoms with Gasteiger partial charge in [-0.1, -0.05) is 23.7 Å². The van der Waals surface area contributed by atoms with Gasteiger partial charge in [0.15, 0.2) is 4.77 Å². The van der Waals surface area contributed by atoms with Crippen molar-refractivity contribution in [2.45, 2.75) is 25.8 Å². The second-order valence-corrected chi connectivity index (χ2v) is 7.98. The van der Waals surface area contributed by atoms with Crippen LogP contribution in [0.4, 0.5) is 4.39 Å². The number of carbonyl (C=O) groups excluding carboxylic acids is 1. The minimum atomic E-state index is -0.295. The molecule has 1 saturated heterocycles. The Labute approximate surface area is 178 Å². The van der Waals surface area contributed by atoms with Crippen molar-refractivity contribution in [2.24, 2.45) is 0 Å². The van der Waals surface area contributed by atoms with Crippen LogP contribution in [-0.4, -0.2) is 33.4 Å². The van der Waals surface area contributed by atoms with Crippen molar-refractivity contribution in [3.8, 4) is 22.5 Å². The summed E-state index contributed by atoms with van der Waals surface area (Å²) in [5.74, 6) is -0.146. The lowest BCUT2D eigenvalue weighted by molar-refractivity contribution is -0.130. The molecule has 1 aliphatic rings. The number of likely N-dealkylation sites (tertiary alicyclic amines) is 1. The standard InChI is InChI=1S/C22H21ClFN3OS/c23-17-7-3-16(4-8-17)21-20(15-5-9-18(24)10-6-15)25-22(29)27(21)14-11-19(28)26-12-1-2-13-26/h3-10H,1-2,11-14H2,(H,25,29). The van der Waals surface area contributed by atoms with Crippen molar-refractivity contribution in [3.05, 3.63) is 64.1 Å². The molecule has 0 radical (unpaired) electrons. The van der Waals surface area contributed by atoms with Crippen molar-refractivity contribution >= 4 is 29.7 Å². The average molecular weight is 430 g/mol. The third-order valence-corrected chi connectivity index (χ3v) is 5.82. The van der Waals surface area contributed by atoms with Crippen LogP contribution in [0.1, 0.15) is 19.3 Å². The lowest BCUT2D eigenvalue weighted by Crippen LogP contribution is -2.28. The summed E-state index contributed by atoms with van der Waals surface area (Å²) in [6.07, 6.45) is 2.52. The van der Waals surface area contributed by atoms with Crippen molar-refractivity contribution in [1.29, 1.82) is 0 Å². The van der Waals surface area contributed by atoms with Crippen LogP contribution in [0.15, 0.2) is 48.5 Å². The molecular weight excluding hydrogens is 409 g/mol. The van der Waals surface area contributed by atoms with E-state index in [0.717, 1.165) is 48.4 Å². The van der Waals surface area contributed by atoms with E-state index in [1.807, 2.05) is 33.7 Å². The van der Waals surface area contributed by atoms with Crippen molar-refractivity contribution in [1.82, 2.24) is 14.5 Å². The van der Waals surface area contributed by atoms with E-state index in [9.17, 15) is 9.18 Å². The van der Waals surface area contributed by atoms with E-state index < -0.39 is 0 Å². The van der Waals surface area contributed by atoms with Crippen molar-refractivity contribution < 1.29 is 9.18 Å². The number of aromatic amines is 1. The molecule has 7 heteroatoms. The van der Waals surface area contributed by atoms with E-state index in [-0.39, 0.29) is 11.7 Å². The molecule has 0 unspecified atom stereocenters. The SMILES string of the molecule is O=C(CCn1c(-c2ccc(Cl)cc2)c(-c2ccc(F)cc2)[nH]c1=S)N1CCCC1. The largest absolute Gasteiger partial charge is 0.343 e. The lowest BCUT2D eigenvalue weighted by atomic mass is 10.0. The first-order chi connectivity index (χ1) is 14.0. The van der Waals surface area contributed by atoms with Crippen LogP contribution in [0.2, 0.25) is 5.02 Å². The van der Waals surface area contributed by atoms with E-state index in [1.54, 1.807) is 12.1 Å². The first-order valence-corrected chi connectivity index (χ1v) is 10.4. The number of H-pyrrole nitrogens is 1. The fourth-order valence-corrected chi connectivity index (χ4v) is 4.16. The predicted molar refractivity (Wildman–Crippen MR) is 116 cm³/mol. The lowest BCUT2D eigenvalue weighted by Gasteiger charge is -2.16. The topological polar surface area (TPSA) is 41.0 Å². The number of nitrogens with one attached hydrogen (secondary N) is 1. The van der Waals surface area contributed by atoms with Gasteiger partial charge in [-0.25, -0.2) is 4.39 Å². The third kappa shape index (κ3) is 4.28. The van der Waals surface area contributed by atoms with Gasteiger partial charge in [-0.2, -0.15) is 0 Å². The van der Waals surface area contributed by atoms with Crippen molar-refractivity contribution in [3.63, 3.8) is 0 Å². The predicted octanol–water partition coefficient (Wildman–Crippen LogP) is 5.68. The number of aromatic nitrogens is 2. The molecule has 1 N–H and O–H groups in total. The fraction of sp³-hybridized carbons (Fsp3) is 0.273. The second kappa shape index (κ2) is 8.51. The molecule has 0 spiro atoms. The van der Waals surface area contributed by atoms with Gasteiger partial charge in [-0.15, -0.1) is 0 Å². The number of halogens is 2. The summed E-state index contributed by atoms with van der Waals surface area (Å²) >= 11 is 11.6. The van der Waals surface area contributed by atoms with Crippen molar-refractivity contribution in [2.75, 3.05) is 13.1 Å². The van der Waals surface area contributed by atoms with Gasteiger partial charge in [0.05, 0.1) is 11.4 Å². The first-order valence-electron chi connectivity index (χ1n) is 9.65. The maximum absolute atomic E-state index is 13.4. The highest BCUT2D eigenvalue weighted by atomic mass is 35.5. The highest BCUT2D eigenvalue weighted by Gasteiger charge is 2.20. The van der Waals surface area contributed by atoms with Crippen LogP contribution < -0.4 is 0 Å². The molecule has 0 atom stereocenters. The zero-order chi connectivity index (χ0) is 20.4. The summed E-state index contributed by atoms with van der Waals surface area (Å²) in [6.45, 7) is 2.15. The summed E-state index contributed by atoms with van der Waals surface area (Å²) < 4.78 is 15.9. The Bertz CT molecular complexity index is 1070. The molecule has 2 aromatic carbocycles. The molecule has 150 valence electrons.